The van der Waals surface area contributed by atoms with E-state index in [0.29, 0.717) is 17.8 Å². The Morgan fingerprint density at radius 2 is 2.00 bits per heavy atom. The maximum atomic E-state index is 11.8. The van der Waals surface area contributed by atoms with Crippen LogP contribution in [0.3, 0.4) is 0 Å². The van der Waals surface area contributed by atoms with Crippen molar-refractivity contribution in [2.75, 3.05) is 7.11 Å². The van der Waals surface area contributed by atoms with Crippen LogP contribution in [0.15, 0.2) is 35.6 Å². The molecule has 0 unspecified atom stereocenters. The lowest BCUT2D eigenvalue weighted by molar-refractivity contribution is -0.0717. The number of hydrogen-bond acceptors (Lipinski definition) is 2. The number of allylic oxidation sites excluding steroid dienone is 4. The molecule has 2 nitrogen and oxygen atoms in total. The molecule has 0 heterocycles. The molecule has 0 radical (unpaired) electrons. The average Bonchev–Trinajstić information content (AvgIpc) is 2.86. The molecule has 4 aliphatic rings. The minimum absolute atomic E-state index is 0.161. The Morgan fingerprint density at radius 3 is 2.68 bits per heavy atom. The Hall–Kier alpha value is -1.24. The summed E-state index contributed by atoms with van der Waals surface area (Å²) in [6, 6.07) is 0. The molecular weight excluding hydrogens is 360 g/mol. The monoisotopic (exact) mass is 396 g/mol. The number of aliphatic hydroxyl groups is 1. The smallest absolute Gasteiger partial charge is 0.151 e. The van der Waals surface area contributed by atoms with E-state index < -0.39 is 13.7 Å². The van der Waals surface area contributed by atoms with E-state index in [9.17, 15) is 5.11 Å². The number of methoxy groups -OCH3 is 1. The normalized spacial score (nSPS) is 42.3. The molecule has 0 aromatic rings. The quantitative estimate of drug-likeness (QED) is 0.361. The molecule has 4 aliphatic carbocycles. The molecule has 2 fully saturated rings. The molecule has 4 rings (SSSR count). The van der Waals surface area contributed by atoms with Crippen LogP contribution in [0.4, 0.5) is 0 Å². The molecule has 2 saturated carbocycles. The van der Waals surface area contributed by atoms with E-state index in [4.69, 9.17) is 4.74 Å². The summed E-state index contributed by atoms with van der Waals surface area (Å²) in [7, 11) is 0.240. The Bertz CT molecular complexity index is 805. The van der Waals surface area contributed by atoms with Gasteiger partial charge >= 0.3 is 0 Å². The fourth-order valence-electron chi connectivity index (χ4n) is 6.56. The van der Waals surface area contributed by atoms with Gasteiger partial charge < -0.3 is 9.84 Å². The number of ether oxygens (including phenoxy) is 1. The summed E-state index contributed by atoms with van der Waals surface area (Å²) in [4.78, 5) is 0. The van der Waals surface area contributed by atoms with Crippen LogP contribution in [0.1, 0.15) is 45.4 Å². The van der Waals surface area contributed by atoms with Gasteiger partial charge in [-0.25, -0.2) is 0 Å². The van der Waals surface area contributed by atoms with Crippen LogP contribution >= 0.6 is 0 Å². The van der Waals surface area contributed by atoms with Crippen molar-refractivity contribution in [1.29, 1.82) is 0 Å². The van der Waals surface area contributed by atoms with Gasteiger partial charge in [0.1, 0.15) is 8.07 Å². The average molecular weight is 397 g/mol. The van der Waals surface area contributed by atoms with Crippen molar-refractivity contribution in [2.24, 2.45) is 29.1 Å². The molecule has 28 heavy (non-hydrogen) atoms. The van der Waals surface area contributed by atoms with E-state index in [1.54, 1.807) is 7.11 Å². The first kappa shape index (κ1) is 20.0. The van der Waals surface area contributed by atoms with Gasteiger partial charge in [-0.2, -0.15) is 0 Å². The summed E-state index contributed by atoms with van der Waals surface area (Å²) >= 11 is 0. The lowest BCUT2D eigenvalue weighted by atomic mass is 9.51. The van der Waals surface area contributed by atoms with Gasteiger partial charge in [0.2, 0.25) is 0 Å². The van der Waals surface area contributed by atoms with Gasteiger partial charge in [0, 0.05) is 11.8 Å². The lowest BCUT2D eigenvalue weighted by Crippen LogP contribution is -2.52. The van der Waals surface area contributed by atoms with Gasteiger partial charge in [-0.05, 0) is 73.0 Å². The van der Waals surface area contributed by atoms with E-state index in [0.717, 1.165) is 42.9 Å². The third-order valence-corrected chi connectivity index (χ3v) is 9.04. The summed E-state index contributed by atoms with van der Waals surface area (Å²) in [6.45, 7) is 13.4. The lowest BCUT2D eigenvalue weighted by Gasteiger charge is -2.53. The zero-order chi connectivity index (χ0) is 20.3. The fourth-order valence-corrected chi connectivity index (χ4v) is 7.12. The Kier molecular flexibility index (Phi) is 4.75. The number of hydrogen-bond donors (Lipinski definition) is 1. The molecule has 152 valence electrons. The SMILES string of the molecule is C=C1C[C@H]2[C@@H]3CC=C4C=C(OC)CC[C@@H]4[C@H]3CC[C@]2(C)[C@]1(O)C#C[Si](C)(C)C. The van der Waals surface area contributed by atoms with Crippen molar-refractivity contribution in [3.05, 3.63) is 35.6 Å². The largest absolute Gasteiger partial charge is 0.501 e. The maximum Gasteiger partial charge on any atom is 0.151 e. The zero-order valence-electron chi connectivity index (χ0n) is 18.3. The molecule has 0 aromatic carbocycles. The zero-order valence-corrected chi connectivity index (χ0v) is 19.3. The molecule has 0 saturated heterocycles. The predicted octanol–water partition coefficient (Wildman–Crippen LogP) is 5.48. The molecule has 3 heteroatoms. The first-order valence-electron chi connectivity index (χ1n) is 11.0. The first-order valence-corrected chi connectivity index (χ1v) is 14.5. The van der Waals surface area contributed by atoms with Gasteiger partial charge in [0.05, 0.1) is 12.9 Å². The standard InChI is InChI=1S/C25H36O2Si/c1-17-15-23-22-9-7-18-16-19(27-3)8-10-20(18)21(22)11-12-24(23,2)25(17,26)13-14-28(4,5)6/h7,16,20-23,26H,1,8-12,15H2,2-6H3/t20-,21+,22+,23-,24-,25-/m0/s1. The van der Waals surface area contributed by atoms with Gasteiger partial charge in [0.15, 0.2) is 5.60 Å². The van der Waals surface area contributed by atoms with Crippen LogP contribution in [0, 0.1) is 40.6 Å². The summed E-state index contributed by atoms with van der Waals surface area (Å²) in [6.07, 6.45) is 11.3. The third-order valence-electron chi connectivity index (χ3n) is 8.17. The Balaban J connectivity index is 1.67. The van der Waals surface area contributed by atoms with Gasteiger partial charge in [-0.15, -0.1) is 5.54 Å². The molecular formula is C25H36O2Si. The summed E-state index contributed by atoms with van der Waals surface area (Å²) in [5, 5.41) is 11.8. The highest BCUT2D eigenvalue weighted by Gasteiger charge is 2.63. The van der Waals surface area contributed by atoms with E-state index in [2.05, 4.69) is 56.8 Å². The van der Waals surface area contributed by atoms with E-state index in [1.165, 1.54) is 18.4 Å². The Morgan fingerprint density at radius 1 is 1.25 bits per heavy atom. The molecule has 0 amide bonds. The van der Waals surface area contributed by atoms with Crippen LogP contribution < -0.4 is 0 Å². The number of rotatable bonds is 1. The van der Waals surface area contributed by atoms with Crippen molar-refractivity contribution in [3.8, 4) is 11.5 Å². The summed E-state index contributed by atoms with van der Waals surface area (Å²) in [5.41, 5.74) is 4.76. The topological polar surface area (TPSA) is 29.5 Å². The number of fused-ring (bicyclic) bond motifs is 5. The van der Waals surface area contributed by atoms with Crippen LogP contribution in [-0.4, -0.2) is 25.9 Å². The minimum atomic E-state index is -1.55. The second kappa shape index (κ2) is 6.64. The van der Waals surface area contributed by atoms with E-state index in [-0.39, 0.29) is 5.41 Å². The third kappa shape index (κ3) is 2.96. The van der Waals surface area contributed by atoms with Gasteiger partial charge in [-0.3, -0.25) is 0 Å². The molecule has 0 bridgehead atoms. The van der Waals surface area contributed by atoms with Crippen molar-refractivity contribution in [3.63, 3.8) is 0 Å². The van der Waals surface area contributed by atoms with Crippen molar-refractivity contribution in [1.82, 2.24) is 0 Å². The van der Waals surface area contributed by atoms with Crippen molar-refractivity contribution >= 4 is 8.07 Å². The second-order valence-electron chi connectivity index (χ2n) is 10.8. The highest BCUT2D eigenvalue weighted by atomic mass is 28.3. The van der Waals surface area contributed by atoms with Gasteiger partial charge in [-0.1, -0.05) is 45.1 Å². The van der Waals surface area contributed by atoms with Crippen molar-refractivity contribution in [2.45, 2.75) is 70.7 Å². The second-order valence-corrected chi connectivity index (χ2v) is 15.6. The highest BCUT2D eigenvalue weighted by molar-refractivity contribution is 6.83. The van der Waals surface area contributed by atoms with Gasteiger partial charge in [0.25, 0.3) is 0 Å². The molecule has 6 atom stereocenters. The summed E-state index contributed by atoms with van der Waals surface area (Å²) < 4.78 is 5.52. The molecule has 1 N–H and O–H groups in total. The predicted molar refractivity (Wildman–Crippen MR) is 118 cm³/mol. The fraction of sp³-hybridized carbons (Fsp3) is 0.680. The highest BCUT2D eigenvalue weighted by Crippen LogP contribution is 2.65. The van der Waals surface area contributed by atoms with Crippen LogP contribution in [-0.2, 0) is 4.74 Å². The van der Waals surface area contributed by atoms with E-state index >= 15 is 0 Å². The maximum absolute atomic E-state index is 11.8. The first-order chi connectivity index (χ1) is 13.1. The molecule has 0 aromatic heterocycles. The van der Waals surface area contributed by atoms with Crippen LogP contribution in [0.5, 0.6) is 0 Å². The molecule has 0 spiro atoms. The Labute approximate surface area is 172 Å². The minimum Gasteiger partial charge on any atom is -0.501 e. The van der Waals surface area contributed by atoms with Crippen LogP contribution in [0.2, 0.25) is 19.6 Å². The molecule has 0 aliphatic heterocycles. The summed E-state index contributed by atoms with van der Waals surface area (Å²) in [5.74, 6) is 7.04. The van der Waals surface area contributed by atoms with E-state index in [1.807, 2.05) is 0 Å². The van der Waals surface area contributed by atoms with Crippen LogP contribution in [0.25, 0.3) is 0 Å². The van der Waals surface area contributed by atoms with Crippen molar-refractivity contribution < 1.29 is 9.84 Å².